The second-order valence-corrected chi connectivity index (χ2v) is 4.33. The summed E-state index contributed by atoms with van der Waals surface area (Å²) in [5.74, 6) is 2.08. The van der Waals surface area contributed by atoms with Crippen LogP contribution >= 0.6 is 11.6 Å². The normalized spacial score (nSPS) is 12.2. The van der Waals surface area contributed by atoms with Gasteiger partial charge in [-0.25, -0.2) is 0 Å². The monoisotopic (exact) mass is 256 g/mol. The first-order valence-corrected chi connectivity index (χ1v) is 6.73. The Bertz CT molecular complexity index is 339. The van der Waals surface area contributed by atoms with Crippen molar-refractivity contribution in [2.45, 2.75) is 45.6 Å². The fourth-order valence-corrected chi connectivity index (χ4v) is 1.85. The highest BCUT2D eigenvalue weighted by molar-refractivity contribution is 6.17. The topological polar surface area (TPSA) is 18.5 Å². The molecule has 0 fully saturated rings. The van der Waals surface area contributed by atoms with Crippen LogP contribution in [-0.4, -0.2) is 12.7 Å². The number of alkyl halides is 1. The third-order valence-corrected chi connectivity index (χ3v) is 2.79. The van der Waals surface area contributed by atoms with E-state index in [0.717, 1.165) is 29.9 Å². The molecule has 3 heteroatoms. The van der Waals surface area contributed by atoms with Gasteiger partial charge in [0.1, 0.15) is 0 Å². The summed E-state index contributed by atoms with van der Waals surface area (Å²) in [6.07, 6.45) is 2.37. The molecular weight excluding hydrogens is 236 g/mol. The molecule has 0 aliphatic carbocycles. The van der Waals surface area contributed by atoms with Gasteiger partial charge in [-0.15, -0.1) is 11.6 Å². The van der Waals surface area contributed by atoms with E-state index in [-0.39, 0.29) is 6.10 Å². The minimum Gasteiger partial charge on any atom is -0.490 e. The number of hydrogen-bond donors (Lipinski definition) is 0. The highest BCUT2D eigenvalue weighted by Crippen LogP contribution is 2.30. The summed E-state index contributed by atoms with van der Waals surface area (Å²) in [6.45, 7) is 6.82. The van der Waals surface area contributed by atoms with Crippen LogP contribution in [0.5, 0.6) is 11.5 Å². The van der Waals surface area contributed by atoms with E-state index in [1.165, 1.54) is 0 Å². The molecule has 96 valence electrons. The molecule has 0 saturated heterocycles. The van der Waals surface area contributed by atoms with E-state index in [0.29, 0.717) is 12.5 Å². The average molecular weight is 257 g/mol. The Morgan fingerprint density at radius 3 is 2.59 bits per heavy atom. The van der Waals surface area contributed by atoms with Gasteiger partial charge in [-0.1, -0.05) is 19.4 Å². The molecule has 0 aliphatic heterocycles. The Morgan fingerprint density at radius 1 is 1.24 bits per heavy atom. The highest BCUT2D eigenvalue weighted by Gasteiger charge is 2.09. The number of benzene rings is 1. The first-order valence-electron chi connectivity index (χ1n) is 6.19. The summed E-state index contributed by atoms with van der Waals surface area (Å²) in [6, 6.07) is 5.86. The molecule has 2 nitrogen and oxygen atoms in total. The highest BCUT2D eigenvalue weighted by atomic mass is 35.5. The molecule has 17 heavy (non-hydrogen) atoms. The number of halogens is 1. The van der Waals surface area contributed by atoms with Gasteiger partial charge in [0.25, 0.3) is 0 Å². The lowest BCUT2D eigenvalue weighted by Crippen LogP contribution is -2.12. The lowest BCUT2D eigenvalue weighted by atomic mass is 10.2. The zero-order valence-corrected chi connectivity index (χ0v) is 11.6. The Morgan fingerprint density at radius 2 is 2.00 bits per heavy atom. The van der Waals surface area contributed by atoms with Crippen molar-refractivity contribution in [2.75, 3.05) is 6.61 Å². The van der Waals surface area contributed by atoms with Crippen LogP contribution in [0.4, 0.5) is 0 Å². The standard InChI is InChI=1S/C14H21ClO2/c1-4-6-11(3)17-13-8-7-12(10-15)9-14(13)16-5-2/h7-9,11H,4-6,10H2,1-3H3. The van der Waals surface area contributed by atoms with E-state index >= 15 is 0 Å². The summed E-state index contributed by atoms with van der Waals surface area (Å²) in [5.41, 5.74) is 1.05. The molecule has 0 heterocycles. The number of ether oxygens (including phenoxy) is 2. The second-order valence-electron chi connectivity index (χ2n) is 4.06. The van der Waals surface area contributed by atoms with Crippen molar-refractivity contribution in [3.63, 3.8) is 0 Å². The van der Waals surface area contributed by atoms with Crippen LogP contribution in [0.1, 0.15) is 39.2 Å². The fourth-order valence-electron chi connectivity index (χ4n) is 1.68. The van der Waals surface area contributed by atoms with Crippen LogP contribution in [0, 0.1) is 0 Å². The Hall–Kier alpha value is -0.890. The van der Waals surface area contributed by atoms with Crippen LogP contribution in [0.2, 0.25) is 0 Å². The molecule has 0 bridgehead atoms. The first-order chi connectivity index (χ1) is 8.21. The van der Waals surface area contributed by atoms with Gasteiger partial charge in [0.15, 0.2) is 11.5 Å². The van der Waals surface area contributed by atoms with Gasteiger partial charge in [0.05, 0.1) is 12.7 Å². The van der Waals surface area contributed by atoms with Crippen LogP contribution < -0.4 is 9.47 Å². The Balaban J connectivity index is 2.81. The lowest BCUT2D eigenvalue weighted by molar-refractivity contribution is 0.197. The van der Waals surface area contributed by atoms with E-state index in [9.17, 15) is 0 Å². The molecule has 1 atom stereocenters. The minimum absolute atomic E-state index is 0.209. The summed E-state index contributed by atoms with van der Waals surface area (Å²) in [7, 11) is 0. The largest absolute Gasteiger partial charge is 0.490 e. The van der Waals surface area contributed by atoms with Crippen molar-refractivity contribution < 1.29 is 9.47 Å². The SMILES string of the molecule is CCCC(C)Oc1ccc(CCl)cc1OCC. The van der Waals surface area contributed by atoms with E-state index in [1.807, 2.05) is 25.1 Å². The van der Waals surface area contributed by atoms with Crippen LogP contribution in [-0.2, 0) is 5.88 Å². The average Bonchev–Trinajstić information content (AvgIpc) is 2.32. The number of rotatable bonds is 7. The van der Waals surface area contributed by atoms with E-state index in [2.05, 4.69) is 13.8 Å². The molecule has 1 rings (SSSR count). The second kappa shape index (κ2) is 7.44. The van der Waals surface area contributed by atoms with Crippen molar-refractivity contribution in [1.82, 2.24) is 0 Å². The molecule has 1 unspecified atom stereocenters. The van der Waals surface area contributed by atoms with Crippen LogP contribution in [0.25, 0.3) is 0 Å². The molecular formula is C14H21ClO2. The van der Waals surface area contributed by atoms with Crippen LogP contribution in [0.3, 0.4) is 0 Å². The summed E-state index contributed by atoms with van der Waals surface area (Å²) in [4.78, 5) is 0. The maximum absolute atomic E-state index is 5.87. The predicted octanol–water partition coefficient (Wildman–Crippen LogP) is 4.39. The van der Waals surface area contributed by atoms with Crippen molar-refractivity contribution in [3.8, 4) is 11.5 Å². The molecule has 1 aromatic rings. The van der Waals surface area contributed by atoms with E-state index in [1.54, 1.807) is 0 Å². The lowest BCUT2D eigenvalue weighted by Gasteiger charge is -2.17. The first kappa shape index (κ1) is 14.2. The van der Waals surface area contributed by atoms with Gasteiger partial charge in [-0.05, 0) is 38.0 Å². The molecule has 0 radical (unpaired) electrons. The molecule has 0 spiro atoms. The molecule has 0 aliphatic rings. The van der Waals surface area contributed by atoms with Crippen LogP contribution in [0.15, 0.2) is 18.2 Å². The van der Waals surface area contributed by atoms with E-state index < -0.39 is 0 Å². The Kier molecular flexibility index (Phi) is 6.20. The van der Waals surface area contributed by atoms with E-state index in [4.69, 9.17) is 21.1 Å². The smallest absolute Gasteiger partial charge is 0.161 e. The van der Waals surface area contributed by atoms with Gasteiger partial charge in [-0.2, -0.15) is 0 Å². The molecule has 1 aromatic carbocycles. The zero-order valence-electron chi connectivity index (χ0n) is 10.8. The zero-order chi connectivity index (χ0) is 12.7. The third-order valence-electron chi connectivity index (χ3n) is 2.49. The predicted molar refractivity (Wildman–Crippen MR) is 72.2 cm³/mol. The van der Waals surface area contributed by atoms with Gasteiger partial charge in [-0.3, -0.25) is 0 Å². The fraction of sp³-hybridized carbons (Fsp3) is 0.571. The molecule has 0 amide bonds. The summed E-state index contributed by atoms with van der Waals surface area (Å²) >= 11 is 5.81. The summed E-state index contributed by atoms with van der Waals surface area (Å²) in [5, 5.41) is 0. The number of hydrogen-bond acceptors (Lipinski definition) is 2. The van der Waals surface area contributed by atoms with Gasteiger partial charge in [0, 0.05) is 5.88 Å². The summed E-state index contributed by atoms with van der Waals surface area (Å²) < 4.78 is 11.4. The maximum atomic E-state index is 5.87. The maximum Gasteiger partial charge on any atom is 0.161 e. The van der Waals surface area contributed by atoms with Gasteiger partial charge >= 0.3 is 0 Å². The molecule has 0 saturated carbocycles. The third kappa shape index (κ3) is 4.47. The molecule has 0 aromatic heterocycles. The van der Waals surface area contributed by atoms with Gasteiger partial charge < -0.3 is 9.47 Å². The molecule has 0 N–H and O–H groups in total. The van der Waals surface area contributed by atoms with Crippen molar-refractivity contribution in [3.05, 3.63) is 23.8 Å². The van der Waals surface area contributed by atoms with Crippen molar-refractivity contribution >= 4 is 11.6 Å². The van der Waals surface area contributed by atoms with Crippen molar-refractivity contribution in [2.24, 2.45) is 0 Å². The van der Waals surface area contributed by atoms with Crippen molar-refractivity contribution in [1.29, 1.82) is 0 Å². The Labute approximate surface area is 109 Å². The minimum atomic E-state index is 0.209. The van der Waals surface area contributed by atoms with Gasteiger partial charge in [0.2, 0.25) is 0 Å². The quantitative estimate of drug-likeness (QED) is 0.674.